The van der Waals surface area contributed by atoms with Crippen LogP contribution in [0.4, 0.5) is 0 Å². The zero-order chi connectivity index (χ0) is 18.5. The minimum absolute atomic E-state index is 0.228. The highest BCUT2D eigenvalue weighted by atomic mass is 16.5. The molecular formula is C20H36O4. The van der Waals surface area contributed by atoms with Crippen molar-refractivity contribution in [3.63, 3.8) is 0 Å². The molecule has 24 heavy (non-hydrogen) atoms. The second kappa shape index (κ2) is 21.4. The second-order valence-electron chi connectivity index (χ2n) is 5.30. The first-order chi connectivity index (χ1) is 11.6. The summed E-state index contributed by atoms with van der Waals surface area (Å²) in [7, 11) is 0. The van der Waals surface area contributed by atoms with E-state index in [1.807, 2.05) is 26.0 Å². The van der Waals surface area contributed by atoms with Gasteiger partial charge in [-0.3, -0.25) is 0 Å². The summed E-state index contributed by atoms with van der Waals surface area (Å²) in [5.41, 5.74) is 0. The standard InChI is InChI=1S/2C10H18O2/c2*1-3-5-6-7-8-9-10(11)12-4-2/h2*8-9H,3-7H2,1-2H3. The Bertz CT molecular complexity index is 312. The summed E-state index contributed by atoms with van der Waals surface area (Å²) in [6.07, 6.45) is 16.0. The fourth-order valence-electron chi connectivity index (χ4n) is 1.76. The molecule has 0 aromatic heterocycles. The smallest absolute Gasteiger partial charge is 0.330 e. The maximum atomic E-state index is 10.8. The van der Waals surface area contributed by atoms with E-state index in [0.717, 1.165) is 25.7 Å². The average molecular weight is 341 g/mol. The molecule has 0 fully saturated rings. The van der Waals surface area contributed by atoms with Crippen LogP contribution >= 0.6 is 0 Å². The Hall–Kier alpha value is -1.58. The van der Waals surface area contributed by atoms with E-state index in [2.05, 4.69) is 13.8 Å². The number of hydrogen-bond acceptors (Lipinski definition) is 4. The normalized spacial score (nSPS) is 10.5. The number of ether oxygens (including phenoxy) is 2. The van der Waals surface area contributed by atoms with Gasteiger partial charge < -0.3 is 9.47 Å². The van der Waals surface area contributed by atoms with E-state index < -0.39 is 0 Å². The van der Waals surface area contributed by atoms with E-state index in [0.29, 0.717) is 13.2 Å². The Kier molecular flexibility index (Phi) is 22.0. The third kappa shape index (κ3) is 22.7. The Balaban J connectivity index is 0. The molecule has 0 aromatic rings. The molecule has 0 saturated carbocycles. The van der Waals surface area contributed by atoms with Crippen LogP contribution in [0.1, 0.15) is 79.1 Å². The third-order valence-corrected chi connectivity index (χ3v) is 3.03. The topological polar surface area (TPSA) is 52.6 Å². The number of carbonyl (C=O) groups excluding carboxylic acids is 2. The van der Waals surface area contributed by atoms with Crippen LogP contribution in [0.15, 0.2) is 24.3 Å². The first-order valence-corrected chi connectivity index (χ1v) is 9.28. The molecule has 0 amide bonds. The van der Waals surface area contributed by atoms with Crippen molar-refractivity contribution in [1.82, 2.24) is 0 Å². The summed E-state index contributed by atoms with van der Waals surface area (Å²) in [5.74, 6) is -0.456. The fraction of sp³-hybridized carbons (Fsp3) is 0.700. The molecule has 0 aliphatic heterocycles. The van der Waals surface area contributed by atoms with Crippen molar-refractivity contribution in [1.29, 1.82) is 0 Å². The van der Waals surface area contributed by atoms with Crippen molar-refractivity contribution < 1.29 is 19.1 Å². The molecule has 0 spiro atoms. The SMILES string of the molecule is CCCCCC=CC(=O)OCC.CCCCCC=CC(=O)OCC. The number of carbonyl (C=O) groups is 2. The molecule has 140 valence electrons. The minimum atomic E-state index is -0.228. The van der Waals surface area contributed by atoms with Crippen LogP contribution in [-0.4, -0.2) is 25.2 Å². The maximum Gasteiger partial charge on any atom is 0.330 e. The van der Waals surface area contributed by atoms with Crippen molar-refractivity contribution in [2.24, 2.45) is 0 Å². The van der Waals surface area contributed by atoms with Gasteiger partial charge >= 0.3 is 11.9 Å². The average Bonchev–Trinajstić information content (AvgIpc) is 2.56. The summed E-state index contributed by atoms with van der Waals surface area (Å²) in [4.78, 5) is 21.5. The van der Waals surface area contributed by atoms with E-state index >= 15 is 0 Å². The van der Waals surface area contributed by atoms with Crippen LogP contribution in [0, 0.1) is 0 Å². The third-order valence-electron chi connectivity index (χ3n) is 3.03. The van der Waals surface area contributed by atoms with Gasteiger partial charge in [-0.15, -0.1) is 0 Å². The summed E-state index contributed by atoms with van der Waals surface area (Å²) in [6.45, 7) is 8.85. The molecule has 0 aromatic carbocycles. The Morgan fingerprint density at radius 2 is 1.04 bits per heavy atom. The van der Waals surface area contributed by atoms with Gasteiger partial charge in [0.05, 0.1) is 13.2 Å². The number of hydrogen-bond donors (Lipinski definition) is 0. The van der Waals surface area contributed by atoms with E-state index in [-0.39, 0.29) is 11.9 Å². The van der Waals surface area contributed by atoms with E-state index in [9.17, 15) is 9.59 Å². The zero-order valence-corrected chi connectivity index (χ0v) is 16.0. The van der Waals surface area contributed by atoms with Gasteiger partial charge in [-0.2, -0.15) is 0 Å². The van der Waals surface area contributed by atoms with Gasteiger partial charge in [0.15, 0.2) is 0 Å². The highest BCUT2D eigenvalue weighted by molar-refractivity contribution is 5.82. The molecule has 0 rings (SSSR count). The quantitative estimate of drug-likeness (QED) is 0.272. The Morgan fingerprint density at radius 1 is 0.667 bits per heavy atom. The van der Waals surface area contributed by atoms with E-state index in [4.69, 9.17) is 9.47 Å². The lowest BCUT2D eigenvalue weighted by Crippen LogP contribution is -1.98. The van der Waals surface area contributed by atoms with Crippen LogP contribution in [0.3, 0.4) is 0 Å². The van der Waals surface area contributed by atoms with Gasteiger partial charge in [0.1, 0.15) is 0 Å². The number of allylic oxidation sites excluding steroid dienone is 2. The molecule has 0 aliphatic rings. The zero-order valence-electron chi connectivity index (χ0n) is 16.0. The number of rotatable bonds is 12. The van der Waals surface area contributed by atoms with Crippen molar-refractivity contribution in [2.45, 2.75) is 79.1 Å². The fourth-order valence-corrected chi connectivity index (χ4v) is 1.76. The summed E-state index contributed by atoms with van der Waals surface area (Å²) in [6, 6.07) is 0. The van der Waals surface area contributed by atoms with Crippen LogP contribution in [0.5, 0.6) is 0 Å². The van der Waals surface area contributed by atoms with Crippen molar-refractivity contribution in [2.75, 3.05) is 13.2 Å². The monoisotopic (exact) mass is 340 g/mol. The van der Waals surface area contributed by atoms with Gasteiger partial charge in [0, 0.05) is 12.2 Å². The van der Waals surface area contributed by atoms with Crippen LogP contribution in [0.2, 0.25) is 0 Å². The Morgan fingerprint density at radius 3 is 1.33 bits per heavy atom. The molecule has 0 bridgehead atoms. The first-order valence-electron chi connectivity index (χ1n) is 9.28. The molecule has 4 heteroatoms. The minimum Gasteiger partial charge on any atom is -0.463 e. The molecule has 0 heterocycles. The van der Waals surface area contributed by atoms with E-state index in [1.165, 1.54) is 37.8 Å². The number of esters is 2. The molecule has 0 N–H and O–H groups in total. The summed E-state index contributed by atoms with van der Waals surface area (Å²) >= 11 is 0. The lowest BCUT2D eigenvalue weighted by molar-refractivity contribution is -0.138. The lowest BCUT2D eigenvalue weighted by atomic mass is 10.2. The van der Waals surface area contributed by atoms with Gasteiger partial charge in [0.25, 0.3) is 0 Å². The second-order valence-corrected chi connectivity index (χ2v) is 5.30. The first kappa shape index (κ1) is 24.7. The molecule has 0 aliphatic carbocycles. The lowest BCUT2D eigenvalue weighted by Gasteiger charge is -1.94. The van der Waals surface area contributed by atoms with Gasteiger partial charge in [-0.1, -0.05) is 51.7 Å². The molecule has 0 atom stereocenters. The van der Waals surface area contributed by atoms with Gasteiger partial charge in [-0.05, 0) is 39.5 Å². The molecular weight excluding hydrogens is 304 g/mol. The highest BCUT2D eigenvalue weighted by Crippen LogP contribution is 2.00. The Labute approximate surface area is 148 Å². The number of unbranched alkanes of at least 4 members (excludes halogenated alkanes) is 6. The largest absolute Gasteiger partial charge is 0.463 e. The van der Waals surface area contributed by atoms with Crippen LogP contribution in [-0.2, 0) is 19.1 Å². The molecule has 0 saturated heterocycles. The van der Waals surface area contributed by atoms with Gasteiger partial charge in [0.2, 0.25) is 0 Å². The van der Waals surface area contributed by atoms with Crippen molar-refractivity contribution in [3.8, 4) is 0 Å². The molecule has 0 radical (unpaired) electrons. The maximum absolute atomic E-state index is 10.8. The van der Waals surface area contributed by atoms with Gasteiger partial charge in [-0.25, -0.2) is 9.59 Å². The molecule has 0 unspecified atom stereocenters. The predicted molar refractivity (Wildman–Crippen MR) is 99.8 cm³/mol. The highest BCUT2D eigenvalue weighted by Gasteiger charge is 1.92. The summed E-state index contributed by atoms with van der Waals surface area (Å²) < 4.78 is 9.45. The predicted octanol–water partition coefficient (Wildman–Crippen LogP) is 5.37. The van der Waals surface area contributed by atoms with E-state index in [1.54, 1.807) is 0 Å². The van der Waals surface area contributed by atoms with Crippen molar-refractivity contribution >= 4 is 11.9 Å². The molecule has 4 nitrogen and oxygen atoms in total. The van der Waals surface area contributed by atoms with Crippen LogP contribution < -0.4 is 0 Å². The van der Waals surface area contributed by atoms with Crippen LogP contribution in [0.25, 0.3) is 0 Å². The van der Waals surface area contributed by atoms with Crippen molar-refractivity contribution in [3.05, 3.63) is 24.3 Å². The summed E-state index contributed by atoms with van der Waals surface area (Å²) in [5, 5.41) is 0.